The maximum atomic E-state index is 11.9. The van der Waals surface area contributed by atoms with Gasteiger partial charge in [0.15, 0.2) is 5.78 Å². The van der Waals surface area contributed by atoms with Gasteiger partial charge in [-0.3, -0.25) is 9.89 Å². The molecule has 2 aromatic rings. The molecule has 0 bridgehead atoms. The molecular formula is C11H9Cl2N3O. The van der Waals surface area contributed by atoms with Crippen molar-refractivity contribution in [3.05, 3.63) is 45.6 Å². The third kappa shape index (κ3) is 2.60. The van der Waals surface area contributed by atoms with Gasteiger partial charge in [-0.25, -0.2) is 0 Å². The van der Waals surface area contributed by atoms with Gasteiger partial charge >= 0.3 is 0 Å². The average Bonchev–Trinajstić information content (AvgIpc) is 2.70. The van der Waals surface area contributed by atoms with E-state index in [1.54, 1.807) is 18.2 Å². The predicted molar refractivity (Wildman–Crippen MR) is 67.5 cm³/mol. The number of halogens is 2. The Hall–Kier alpha value is -1.52. The summed E-state index contributed by atoms with van der Waals surface area (Å²) in [6.45, 7) is 0. The highest BCUT2D eigenvalue weighted by Crippen LogP contribution is 2.23. The first-order valence-electron chi connectivity index (χ1n) is 4.84. The maximum absolute atomic E-state index is 11.9. The van der Waals surface area contributed by atoms with Gasteiger partial charge < -0.3 is 5.73 Å². The van der Waals surface area contributed by atoms with Gasteiger partial charge in [0.2, 0.25) is 0 Å². The van der Waals surface area contributed by atoms with E-state index in [1.807, 2.05) is 0 Å². The molecule has 2 rings (SSSR count). The average molecular weight is 270 g/mol. The Labute approximate surface area is 108 Å². The topological polar surface area (TPSA) is 71.8 Å². The van der Waals surface area contributed by atoms with Gasteiger partial charge in [0.1, 0.15) is 5.82 Å². The molecule has 3 N–H and O–H groups in total. The Morgan fingerprint density at radius 2 is 2.12 bits per heavy atom. The van der Waals surface area contributed by atoms with Crippen molar-refractivity contribution in [2.45, 2.75) is 6.42 Å². The van der Waals surface area contributed by atoms with Crippen LogP contribution in [0.4, 0.5) is 5.82 Å². The number of nitrogens with one attached hydrogen (secondary N) is 1. The van der Waals surface area contributed by atoms with Crippen LogP contribution < -0.4 is 5.73 Å². The minimum atomic E-state index is -0.116. The smallest absolute Gasteiger partial charge is 0.172 e. The van der Waals surface area contributed by atoms with Gasteiger partial charge in [0, 0.05) is 6.42 Å². The van der Waals surface area contributed by atoms with Crippen LogP contribution in [0.3, 0.4) is 0 Å². The molecule has 17 heavy (non-hydrogen) atoms. The molecule has 0 atom stereocenters. The van der Waals surface area contributed by atoms with Crippen molar-refractivity contribution in [3.8, 4) is 0 Å². The molecule has 0 aliphatic carbocycles. The lowest BCUT2D eigenvalue weighted by atomic mass is 10.1. The Morgan fingerprint density at radius 1 is 1.35 bits per heavy atom. The van der Waals surface area contributed by atoms with Crippen molar-refractivity contribution in [1.82, 2.24) is 10.2 Å². The van der Waals surface area contributed by atoms with E-state index in [9.17, 15) is 4.79 Å². The number of H-pyrrole nitrogens is 1. The van der Waals surface area contributed by atoms with Crippen LogP contribution in [0.5, 0.6) is 0 Å². The maximum Gasteiger partial charge on any atom is 0.172 e. The molecule has 0 aliphatic heterocycles. The summed E-state index contributed by atoms with van der Waals surface area (Å²) in [7, 11) is 0. The Bertz CT molecular complexity index is 566. The molecule has 0 fully saturated rings. The lowest BCUT2D eigenvalue weighted by molar-refractivity contribution is 0.0994. The third-order valence-electron chi connectivity index (χ3n) is 2.32. The molecule has 6 heteroatoms. The second-order valence-corrected chi connectivity index (χ2v) is 4.36. The molecule has 1 aromatic carbocycles. The number of nitrogen functional groups attached to an aromatic ring is 1. The summed E-state index contributed by atoms with van der Waals surface area (Å²) in [5.41, 5.74) is 6.73. The summed E-state index contributed by atoms with van der Waals surface area (Å²) in [4.78, 5) is 11.9. The van der Waals surface area contributed by atoms with Crippen molar-refractivity contribution < 1.29 is 4.79 Å². The number of hydrogen-bond acceptors (Lipinski definition) is 3. The second kappa shape index (κ2) is 4.77. The van der Waals surface area contributed by atoms with E-state index in [1.165, 1.54) is 6.20 Å². The molecule has 0 saturated carbocycles. The quantitative estimate of drug-likeness (QED) is 0.842. The minimum Gasteiger partial charge on any atom is -0.383 e. The van der Waals surface area contributed by atoms with E-state index in [2.05, 4.69) is 10.2 Å². The number of anilines is 1. The number of nitrogens with two attached hydrogens (primary N) is 1. The van der Waals surface area contributed by atoms with Crippen LogP contribution in [-0.2, 0) is 6.42 Å². The largest absolute Gasteiger partial charge is 0.383 e. The highest BCUT2D eigenvalue weighted by atomic mass is 35.5. The molecule has 4 nitrogen and oxygen atoms in total. The number of ketones is 1. The fourth-order valence-electron chi connectivity index (χ4n) is 1.45. The molecule has 0 aliphatic rings. The summed E-state index contributed by atoms with van der Waals surface area (Å²) in [6, 6.07) is 5.08. The molecule has 1 aromatic heterocycles. The van der Waals surface area contributed by atoms with Crippen LogP contribution in [0.15, 0.2) is 24.4 Å². The van der Waals surface area contributed by atoms with Crippen LogP contribution in [-0.4, -0.2) is 16.0 Å². The lowest BCUT2D eigenvalue weighted by Crippen LogP contribution is -2.05. The van der Waals surface area contributed by atoms with E-state index in [4.69, 9.17) is 28.9 Å². The number of Topliss-reactive ketones (excluding diaryl/α,β-unsaturated/α-hetero) is 1. The summed E-state index contributed by atoms with van der Waals surface area (Å²) in [5, 5.41) is 7.11. The van der Waals surface area contributed by atoms with E-state index in [-0.39, 0.29) is 18.0 Å². The van der Waals surface area contributed by atoms with Gasteiger partial charge in [-0.05, 0) is 17.7 Å². The van der Waals surface area contributed by atoms with E-state index < -0.39 is 0 Å². The lowest BCUT2D eigenvalue weighted by Gasteiger charge is -2.02. The van der Waals surface area contributed by atoms with Gasteiger partial charge in [-0.2, -0.15) is 5.10 Å². The Kier molecular flexibility index (Phi) is 3.36. The normalized spacial score (nSPS) is 10.5. The highest BCUT2D eigenvalue weighted by Gasteiger charge is 2.12. The number of nitrogens with zero attached hydrogens (tertiary/aromatic N) is 1. The van der Waals surface area contributed by atoms with Crippen molar-refractivity contribution >= 4 is 34.8 Å². The molecule has 0 amide bonds. The van der Waals surface area contributed by atoms with Gasteiger partial charge in [-0.15, -0.1) is 0 Å². The van der Waals surface area contributed by atoms with Crippen molar-refractivity contribution in [1.29, 1.82) is 0 Å². The van der Waals surface area contributed by atoms with Gasteiger partial charge in [-0.1, -0.05) is 29.3 Å². The predicted octanol–water partition coefficient (Wildman–Crippen LogP) is 2.72. The van der Waals surface area contributed by atoms with Crippen LogP contribution in [0, 0.1) is 0 Å². The molecule has 88 valence electrons. The number of carbonyl (C=O) groups excluding carboxylic acids is 1. The zero-order valence-corrected chi connectivity index (χ0v) is 10.2. The monoisotopic (exact) mass is 269 g/mol. The first-order chi connectivity index (χ1) is 8.08. The Balaban J connectivity index is 2.19. The van der Waals surface area contributed by atoms with Gasteiger partial charge in [0.25, 0.3) is 0 Å². The fraction of sp³-hybridized carbons (Fsp3) is 0.0909. The first kappa shape index (κ1) is 12.0. The summed E-state index contributed by atoms with van der Waals surface area (Å²) in [6.07, 6.45) is 1.62. The zero-order chi connectivity index (χ0) is 12.4. The first-order valence-corrected chi connectivity index (χ1v) is 5.59. The fourth-order valence-corrected chi connectivity index (χ4v) is 1.77. The van der Waals surface area contributed by atoms with Gasteiger partial charge in [0.05, 0.1) is 21.8 Å². The van der Waals surface area contributed by atoms with Crippen molar-refractivity contribution in [2.24, 2.45) is 0 Å². The van der Waals surface area contributed by atoms with Crippen LogP contribution >= 0.6 is 23.2 Å². The number of benzene rings is 1. The van der Waals surface area contributed by atoms with Crippen LogP contribution in [0.1, 0.15) is 15.9 Å². The Morgan fingerprint density at radius 3 is 2.71 bits per heavy atom. The van der Waals surface area contributed by atoms with Crippen molar-refractivity contribution in [2.75, 3.05) is 5.73 Å². The molecule has 1 heterocycles. The molecule has 0 unspecified atom stereocenters. The van der Waals surface area contributed by atoms with Crippen molar-refractivity contribution in [3.63, 3.8) is 0 Å². The van der Waals surface area contributed by atoms with E-state index >= 15 is 0 Å². The SMILES string of the molecule is Nc1[nH]ncc1C(=O)Cc1ccc(Cl)c(Cl)c1. The highest BCUT2D eigenvalue weighted by molar-refractivity contribution is 6.42. The molecule has 0 radical (unpaired) electrons. The number of carbonyl (C=O) groups is 1. The summed E-state index contributed by atoms with van der Waals surface area (Å²) < 4.78 is 0. The number of hydrogen-bond donors (Lipinski definition) is 2. The summed E-state index contributed by atoms with van der Waals surface area (Å²) >= 11 is 11.7. The van der Waals surface area contributed by atoms with Crippen LogP contribution in [0.2, 0.25) is 10.0 Å². The molecular weight excluding hydrogens is 261 g/mol. The molecule has 0 spiro atoms. The third-order valence-corrected chi connectivity index (χ3v) is 3.06. The summed E-state index contributed by atoms with van der Waals surface area (Å²) in [5.74, 6) is 0.157. The zero-order valence-electron chi connectivity index (χ0n) is 8.71. The minimum absolute atomic E-state index is 0.116. The van der Waals surface area contributed by atoms with E-state index in [0.717, 1.165) is 5.56 Å². The standard InChI is InChI=1S/C11H9Cl2N3O/c12-8-2-1-6(3-9(8)13)4-10(17)7-5-15-16-11(7)14/h1-3,5H,4H2,(H3,14,15,16). The number of aromatic amines is 1. The van der Waals surface area contributed by atoms with Crippen LogP contribution in [0.25, 0.3) is 0 Å². The van der Waals surface area contributed by atoms with E-state index in [0.29, 0.717) is 15.6 Å². The molecule has 0 saturated heterocycles. The number of aromatic nitrogens is 2. The number of rotatable bonds is 3. The second-order valence-electron chi connectivity index (χ2n) is 3.55.